The molecule has 7 heteroatoms. The maximum atomic E-state index is 12.1. The Kier molecular flexibility index (Phi) is 3.92. The fourth-order valence-electron chi connectivity index (χ4n) is 2.24. The summed E-state index contributed by atoms with van der Waals surface area (Å²) >= 11 is 0. The van der Waals surface area contributed by atoms with Crippen LogP contribution in [0.1, 0.15) is 23.3 Å². The molecule has 7 nitrogen and oxygen atoms in total. The van der Waals surface area contributed by atoms with Gasteiger partial charge >= 0.3 is 6.03 Å². The molecule has 2 amide bonds. The van der Waals surface area contributed by atoms with E-state index in [1.807, 2.05) is 19.1 Å². The van der Waals surface area contributed by atoms with Crippen LogP contribution in [0.25, 0.3) is 0 Å². The number of furan rings is 1. The SMILES string of the molecule is Cc1ccc([C@@H]2CN(C(=O)NCc3ccon3)CCO2)o1. The number of urea groups is 1. The maximum absolute atomic E-state index is 12.1. The summed E-state index contributed by atoms with van der Waals surface area (Å²) in [7, 11) is 0. The Morgan fingerprint density at radius 1 is 1.48 bits per heavy atom. The largest absolute Gasteiger partial charge is 0.464 e. The zero-order valence-electron chi connectivity index (χ0n) is 11.7. The van der Waals surface area contributed by atoms with Crippen LogP contribution in [0.2, 0.25) is 0 Å². The average Bonchev–Trinajstić information content (AvgIpc) is 3.16. The Hall–Kier alpha value is -2.28. The van der Waals surface area contributed by atoms with Gasteiger partial charge in [0.05, 0.1) is 19.7 Å². The number of rotatable bonds is 3. The summed E-state index contributed by atoms with van der Waals surface area (Å²) in [6.45, 7) is 3.74. The molecule has 3 heterocycles. The Labute approximate surface area is 121 Å². The van der Waals surface area contributed by atoms with Crippen molar-refractivity contribution in [2.45, 2.75) is 19.6 Å². The van der Waals surface area contributed by atoms with E-state index in [2.05, 4.69) is 10.5 Å². The highest BCUT2D eigenvalue weighted by Crippen LogP contribution is 2.23. The lowest BCUT2D eigenvalue weighted by molar-refractivity contribution is -0.0263. The molecule has 21 heavy (non-hydrogen) atoms. The summed E-state index contributed by atoms with van der Waals surface area (Å²) in [4.78, 5) is 13.9. The Morgan fingerprint density at radius 2 is 2.38 bits per heavy atom. The summed E-state index contributed by atoms with van der Waals surface area (Å²) in [6.07, 6.45) is 1.26. The molecule has 0 spiro atoms. The summed E-state index contributed by atoms with van der Waals surface area (Å²) in [5.74, 6) is 1.59. The minimum atomic E-state index is -0.217. The monoisotopic (exact) mass is 291 g/mol. The lowest BCUT2D eigenvalue weighted by Crippen LogP contribution is -2.46. The molecule has 1 N–H and O–H groups in total. The van der Waals surface area contributed by atoms with Crippen molar-refractivity contribution in [3.05, 3.63) is 41.7 Å². The summed E-state index contributed by atoms with van der Waals surface area (Å²) in [5, 5.41) is 6.56. The predicted molar refractivity (Wildman–Crippen MR) is 72.4 cm³/mol. The molecular formula is C14H17N3O4. The van der Waals surface area contributed by atoms with E-state index in [0.29, 0.717) is 31.9 Å². The Morgan fingerprint density at radius 3 is 3.10 bits per heavy atom. The lowest BCUT2D eigenvalue weighted by Gasteiger charge is -2.31. The summed E-state index contributed by atoms with van der Waals surface area (Å²) in [6, 6.07) is 5.35. The number of nitrogens with zero attached hydrogens (tertiary/aromatic N) is 2. The van der Waals surface area contributed by atoms with Crippen LogP contribution in [0, 0.1) is 6.92 Å². The number of aryl methyl sites for hydroxylation is 1. The van der Waals surface area contributed by atoms with Gasteiger partial charge in [0, 0.05) is 12.6 Å². The Balaban J connectivity index is 1.56. The van der Waals surface area contributed by atoms with Crippen LogP contribution < -0.4 is 5.32 Å². The third kappa shape index (κ3) is 3.25. The standard InChI is InChI=1S/C14H17N3O4/c1-10-2-3-12(21-10)13-9-17(5-7-19-13)14(18)15-8-11-4-6-20-16-11/h2-4,6,13H,5,7-9H2,1H3,(H,15,18)/t13-/m0/s1. The number of hydrogen-bond acceptors (Lipinski definition) is 5. The molecule has 0 unspecified atom stereocenters. The highest BCUT2D eigenvalue weighted by molar-refractivity contribution is 5.74. The fourth-order valence-corrected chi connectivity index (χ4v) is 2.24. The van der Waals surface area contributed by atoms with Crippen molar-refractivity contribution in [1.82, 2.24) is 15.4 Å². The molecule has 1 aliphatic heterocycles. The number of hydrogen-bond donors (Lipinski definition) is 1. The lowest BCUT2D eigenvalue weighted by atomic mass is 10.2. The number of carbonyl (C=O) groups excluding carboxylic acids is 1. The van der Waals surface area contributed by atoms with Crippen LogP contribution in [0.5, 0.6) is 0 Å². The second-order valence-electron chi connectivity index (χ2n) is 4.90. The molecular weight excluding hydrogens is 274 g/mol. The number of amides is 2. The van der Waals surface area contributed by atoms with Gasteiger partial charge in [0.1, 0.15) is 29.6 Å². The molecule has 1 saturated heterocycles. The zero-order valence-corrected chi connectivity index (χ0v) is 11.7. The van der Waals surface area contributed by atoms with Gasteiger partial charge in [0.25, 0.3) is 0 Å². The topological polar surface area (TPSA) is 80.7 Å². The van der Waals surface area contributed by atoms with Gasteiger partial charge in [-0.3, -0.25) is 0 Å². The second kappa shape index (κ2) is 6.01. The van der Waals surface area contributed by atoms with Crippen molar-refractivity contribution in [3.63, 3.8) is 0 Å². The Bertz CT molecular complexity index is 593. The van der Waals surface area contributed by atoms with Gasteiger partial charge in [-0.1, -0.05) is 5.16 Å². The molecule has 0 aliphatic carbocycles. The molecule has 0 bridgehead atoms. The molecule has 112 valence electrons. The number of morpholine rings is 1. The van der Waals surface area contributed by atoms with Gasteiger partial charge < -0.3 is 23.9 Å². The first kappa shape index (κ1) is 13.7. The van der Waals surface area contributed by atoms with Crippen molar-refractivity contribution in [3.8, 4) is 0 Å². The highest BCUT2D eigenvalue weighted by Gasteiger charge is 2.27. The molecule has 2 aromatic heterocycles. The molecule has 3 rings (SSSR count). The van der Waals surface area contributed by atoms with Gasteiger partial charge in [-0.2, -0.15) is 0 Å². The quantitative estimate of drug-likeness (QED) is 0.933. The second-order valence-corrected chi connectivity index (χ2v) is 4.90. The van der Waals surface area contributed by atoms with E-state index in [4.69, 9.17) is 13.7 Å². The van der Waals surface area contributed by atoms with Crippen molar-refractivity contribution < 1.29 is 18.5 Å². The molecule has 1 aliphatic rings. The van der Waals surface area contributed by atoms with E-state index in [1.165, 1.54) is 6.26 Å². The fraction of sp³-hybridized carbons (Fsp3) is 0.429. The third-order valence-corrected chi connectivity index (χ3v) is 3.34. The maximum Gasteiger partial charge on any atom is 0.317 e. The van der Waals surface area contributed by atoms with E-state index < -0.39 is 0 Å². The van der Waals surface area contributed by atoms with Crippen LogP contribution in [-0.4, -0.2) is 35.8 Å². The minimum absolute atomic E-state index is 0.144. The number of aromatic nitrogens is 1. The molecule has 0 saturated carbocycles. The molecule has 0 radical (unpaired) electrons. The third-order valence-electron chi connectivity index (χ3n) is 3.34. The van der Waals surface area contributed by atoms with Crippen LogP contribution in [-0.2, 0) is 11.3 Å². The van der Waals surface area contributed by atoms with Crippen LogP contribution in [0.4, 0.5) is 4.79 Å². The van der Waals surface area contributed by atoms with E-state index in [0.717, 1.165) is 11.5 Å². The van der Waals surface area contributed by atoms with Gasteiger partial charge in [-0.15, -0.1) is 0 Å². The smallest absolute Gasteiger partial charge is 0.317 e. The van der Waals surface area contributed by atoms with E-state index >= 15 is 0 Å². The van der Waals surface area contributed by atoms with E-state index in [9.17, 15) is 4.79 Å². The summed E-state index contributed by atoms with van der Waals surface area (Å²) < 4.78 is 16.0. The van der Waals surface area contributed by atoms with Crippen molar-refractivity contribution in [2.75, 3.05) is 19.7 Å². The van der Waals surface area contributed by atoms with Crippen LogP contribution >= 0.6 is 0 Å². The molecule has 0 aromatic carbocycles. The summed E-state index contributed by atoms with van der Waals surface area (Å²) in [5.41, 5.74) is 0.690. The predicted octanol–water partition coefficient (Wildman–Crippen LogP) is 1.86. The first-order valence-corrected chi connectivity index (χ1v) is 6.82. The number of ether oxygens (including phenoxy) is 1. The van der Waals surface area contributed by atoms with Crippen molar-refractivity contribution in [1.29, 1.82) is 0 Å². The molecule has 1 fully saturated rings. The van der Waals surface area contributed by atoms with Gasteiger partial charge in [-0.25, -0.2) is 4.79 Å². The zero-order chi connectivity index (χ0) is 14.7. The average molecular weight is 291 g/mol. The van der Waals surface area contributed by atoms with Crippen LogP contribution in [0.3, 0.4) is 0 Å². The van der Waals surface area contributed by atoms with Gasteiger partial charge in [0.15, 0.2) is 0 Å². The molecule has 2 aromatic rings. The number of nitrogens with one attached hydrogen (secondary N) is 1. The van der Waals surface area contributed by atoms with E-state index in [-0.39, 0.29) is 12.1 Å². The van der Waals surface area contributed by atoms with Crippen LogP contribution in [0.15, 0.2) is 33.4 Å². The van der Waals surface area contributed by atoms with Crippen molar-refractivity contribution >= 4 is 6.03 Å². The first-order valence-electron chi connectivity index (χ1n) is 6.82. The minimum Gasteiger partial charge on any atom is -0.464 e. The van der Waals surface area contributed by atoms with Gasteiger partial charge in [-0.05, 0) is 19.1 Å². The van der Waals surface area contributed by atoms with Crippen molar-refractivity contribution in [2.24, 2.45) is 0 Å². The first-order chi connectivity index (χ1) is 10.2. The normalized spacial score (nSPS) is 18.7. The van der Waals surface area contributed by atoms with E-state index in [1.54, 1.807) is 11.0 Å². The molecule has 1 atom stereocenters. The van der Waals surface area contributed by atoms with Gasteiger partial charge in [0.2, 0.25) is 0 Å². The number of carbonyl (C=O) groups is 1. The highest BCUT2D eigenvalue weighted by atomic mass is 16.5.